The summed E-state index contributed by atoms with van der Waals surface area (Å²) >= 11 is 3.42. The van der Waals surface area contributed by atoms with Crippen LogP contribution in [0.4, 0.5) is 15.8 Å². The van der Waals surface area contributed by atoms with Gasteiger partial charge in [0.05, 0.1) is 22.8 Å². The van der Waals surface area contributed by atoms with Crippen molar-refractivity contribution in [3.63, 3.8) is 0 Å². The second-order valence-corrected chi connectivity index (χ2v) is 10.2. The Morgan fingerprint density at radius 1 is 1.21 bits per heavy atom. The standard InChI is InChI=1S/C29H29BrFN5O3/c1-5-18(2)28-34-24-13-11-20(30)14-22(24)29(38)36(28)32-16-19-10-12-21(35(3)4)15-26(19)39-17-27(37)33-25-9-7-6-8-23(25)31/h6-16,18H,5,17H2,1-4H3,(H,33,37)/t18-/m1/s1. The van der Waals surface area contributed by atoms with Gasteiger partial charge in [0.25, 0.3) is 11.5 Å². The van der Waals surface area contributed by atoms with Gasteiger partial charge >= 0.3 is 0 Å². The Morgan fingerprint density at radius 2 is 1.97 bits per heavy atom. The summed E-state index contributed by atoms with van der Waals surface area (Å²) in [7, 11) is 3.77. The lowest BCUT2D eigenvalue weighted by Crippen LogP contribution is -2.24. The van der Waals surface area contributed by atoms with Gasteiger partial charge in [-0.15, -0.1) is 0 Å². The van der Waals surface area contributed by atoms with Crippen LogP contribution < -0.4 is 20.5 Å². The average Bonchev–Trinajstić information content (AvgIpc) is 2.92. The van der Waals surface area contributed by atoms with Gasteiger partial charge in [-0.1, -0.05) is 41.9 Å². The minimum Gasteiger partial charge on any atom is -0.483 e. The number of ether oxygens (including phenoxy) is 1. The van der Waals surface area contributed by atoms with Crippen LogP contribution in [-0.2, 0) is 4.79 Å². The third-order valence-electron chi connectivity index (χ3n) is 6.22. The van der Waals surface area contributed by atoms with Crippen LogP contribution in [0.25, 0.3) is 10.9 Å². The molecule has 8 nitrogen and oxygen atoms in total. The number of rotatable bonds is 9. The molecule has 0 aliphatic heterocycles. The normalized spacial score (nSPS) is 12.1. The molecule has 1 aromatic heterocycles. The topological polar surface area (TPSA) is 88.8 Å². The highest BCUT2D eigenvalue weighted by Gasteiger charge is 2.16. The average molecular weight is 594 g/mol. The van der Waals surface area contributed by atoms with Crippen LogP contribution in [-0.4, -0.2) is 42.5 Å². The number of fused-ring (bicyclic) bond motifs is 1. The minimum atomic E-state index is -0.535. The highest BCUT2D eigenvalue weighted by atomic mass is 79.9. The molecule has 10 heteroatoms. The van der Waals surface area contributed by atoms with Gasteiger partial charge in [0.2, 0.25) is 0 Å². The van der Waals surface area contributed by atoms with Crippen LogP contribution in [0, 0.1) is 5.82 Å². The molecule has 0 aliphatic rings. The summed E-state index contributed by atoms with van der Waals surface area (Å²) < 4.78 is 21.9. The first-order valence-electron chi connectivity index (χ1n) is 12.4. The molecule has 0 aliphatic carbocycles. The van der Waals surface area contributed by atoms with Crippen molar-refractivity contribution >= 4 is 50.3 Å². The zero-order valence-corrected chi connectivity index (χ0v) is 23.7. The van der Waals surface area contributed by atoms with Crippen molar-refractivity contribution in [2.45, 2.75) is 26.2 Å². The Bertz CT molecular complexity index is 1600. The third kappa shape index (κ3) is 6.51. The largest absolute Gasteiger partial charge is 0.483 e. The number of anilines is 2. The molecule has 0 radical (unpaired) electrons. The van der Waals surface area contributed by atoms with E-state index in [0.29, 0.717) is 28.0 Å². The number of halogens is 2. The lowest BCUT2D eigenvalue weighted by atomic mass is 10.1. The van der Waals surface area contributed by atoms with Crippen molar-refractivity contribution in [1.29, 1.82) is 0 Å². The maximum absolute atomic E-state index is 13.9. The Hall–Kier alpha value is -4.05. The summed E-state index contributed by atoms with van der Waals surface area (Å²) in [6.07, 6.45) is 2.29. The van der Waals surface area contributed by atoms with Gasteiger partial charge in [-0.25, -0.2) is 9.37 Å². The first kappa shape index (κ1) is 28.0. The van der Waals surface area contributed by atoms with E-state index in [2.05, 4.69) is 26.3 Å². The van der Waals surface area contributed by atoms with E-state index in [1.54, 1.807) is 36.4 Å². The zero-order chi connectivity index (χ0) is 28.1. The molecule has 1 N–H and O–H groups in total. The number of carbonyl (C=O) groups is 1. The summed E-state index contributed by atoms with van der Waals surface area (Å²) in [6.45, 7) is 3.66. The van der Waals surface area contributed by atoms with Crippen LogP contribution in [0.2, 0.25) is 0 Å². The first-order valence-corrected chi connectivity index (χ1v) is 13.2. The van der Waals surface area contributed by atoms with E-state index in [-0.39, 0.29) is 23.8 Å². The molecule has 3 aromatic carbocycles. The molecule has 4 aromatic rings. The number of nitrogens with one attached hydrogen (secondary N) is 1. The molecule has 0 fully saturated rings. The van der Waals surface area contributed by atoms with Gasteiger partial charge in [0.1, 0.15) is 17.4 Å². The number of benzene rings is 3. The number of amides is 1. The van der Waals surface area contributed by atoms with Crippen molar-refractivity contribution in [3.8, 4) is 5.75 Å². The van der Waals surface area contributed by atoms with Crippen LogP contribution in [0.3, 0.4) is 0 Å². The maximum atomic E-state index is 13.9. The molecule has 0 unspecified atom stereocenters. The van der Waals surface area contributed by atoms with Crippen molar-refractivity contribution < 1.29 is 13.9 Å². The molecular weight excluding hydrogens is 565 g/mol. The Morgan fingerprint density at radius 3 is 2.69 bits per heavy atom. The highest BCUT2D eigenvalue weighted by molar-refractivity contribution is 9.10. The van der Waals surface area contributed by atoms with Crippen LogP contribution >= 0.6 is 15.9 Å². The van der Waals surface area contributed by atoms with Gasteiger partial charge < -0.3 is 15.0 Å². The highest BCUT2D eigenvalue weighted by Crippen LogP contribution is 2.25. The van der Waals surface area contributed by atoms with E-state index in [0.717, 1.165) is 16.6 Å². The second kappa shape index (κ2) is 12.2. The molecule has 0 bridgehead atoms. The summed E-state index contributed by atoms with van der Waals surface area (Å²) in [6, 6.07) is 16.7. The lowest BCUT2D eigenvalue weighted by molar-refractivity contribution is -0.118. The summed E-state index contributed by atoms with van der Waals surface area (Å²) in [4.78, 5) is 32.6. The summed E-state index contributed by atoms with van der Waals surface area (Å²) in [5.41, 5.74) is 1.78. The number of hydrogen-bond acceptors (Lipinski definition) is 6. The molecule has 1 heterocycles. The molecule has 0 saturated carbocycles. The van der Waals surface area contributed by atoms with Crippen molar-refractivity contribution in [3.05, 3.63) is 92.7 Å². The fourth-order valence-electron chi connectivity index (χ4n) is 3.82. The molecule has 4 rings (SSSR count). The number of hydrogen-bond donors (Lipinski definition) is 1. The number of nitrogens with zero attached hydrogens (tertiary/aromatic N) is 4. The van der Waals surface area contributed by atoms with Crippen molar-refractivity contribution in [2.24, 2.45) is 5.10 Å². The minimum absolute atomic E-state index is 0.0168. The smallest absolute Gasteiger partial charge is 0.282 e. The predicted octanol–water partition coefficient (Wildman–Crippen LogP) is 5.78. The van der Waals surface area contributed by atoms with Crippen molar-refractivity contribution in [2.75, 3.05) is 30.9 Å². The van der Waals surface area contributed by atoms with Crippen LogP contribution in [0.5, 0.6) is 5.75 Å². The van der Waals surface area contributed by atoms with Crippen LogP contribution in [0.1, 0.15) is 37.6 Å². The fourth-order valence-corrected chi connectivity index (χ4v) is 4.19. The van der Waals surface area contributed by atoms with E-state index in [1.165, 1.54) is 23.0 Å². The lowest BCUT2D eigenvalue weighted by Gasteiger charge is -2.17. The van der Waals surface area contributed by atoms with Crippen molar-refractivity contribution in [1.82, 2.24) is 9.66 Å². The zero-order valence-electron chi connectivity index (χ0n) is 22.1. The Kier molecular flexibility index (Phi) is 8.75. The monoisotopic (exact) mass is 593 g/mol. The molecule has 0 spiro atoms. The van der Waals surface area contributed by atoms with E-state index in [4.69, 9.17) is 9.72 Å². The number of aromatic nitrogens is 2. The Labute approximate surface area is 234 Å². The predicted molar refractivity (Wildman–Crippen MR) is 157 cm³/mol. The molecule has 0 saturated heterocycles. The fraction of sp³-hybridized carbons (Fsp3) is 0.241. The van der Waals surface area contributed by atoms with E-state index in [1.807, 2.05) is 45.0 Å². The molecule has 1 atom stereocenters. The van der Waals surface area contributed by atoms with Crippen LogP contribution in [0.15, 0.2) is 75.0 Å². The van der Waals surface area contributed by atoms with Gasteiger partial charge in [-0.2, -0.15) is 9.78 Å². The third-order valence-corrected chi connectivity index (χ3v) is 6.71. The van der Waals surface area contributed by atoms with Gasteiger partial charge in [0, 0.05) is 41.8 Å². The number of carbonyl (C=O) groups excluding carboxylic acids is 1. The molecular formula is C29H29BrFN5O3. The first-order chi connectivity index (χ1) is 18.7. The summed E-state index contributed by atoms with van der Waals surface area (Å²) in [5, 5.41) is 7.48. The second-order valence-electron chi connectivity index (χ2n) is 9.24. The molecule has 1 amide bonds. The SMILES string of the molecule is CC[C@@H](C)c1nc2ccc(Br)cc2c(=O)n1N=Cc1ccc(N(C)C)cc1OCC(=O)Nc1ccccc1F. The Balaban J connectivity index is 1.68. The van der Waals surface area contributed by atoms with Gasteiger partial charge in [-0.3, -0.25) is 9.59 Å². The molecule has 39 heavy (non-hydrogen) atoms. The van der Waals surface area contributed by atoms with E-state index in [9.17, 15) is 14.0 Å². The van der Waals surface area contributed by atoms with Gasteiger partial charge in [0.15, 0.2) is 6.61 Å². The molecule has 202 valence electrons. The van der Waals surface area contributed by atoms with E-state index < -0.39 is 11.7 Å². The quantitative estimate of drug-likeness (QED) is 0.249. The number of para-hydroxylation sites is 1. The summed E-state index contributed by atoms with van der Waals surface area (Å²) in [5.74, 6) is -0.144. The van der Waals surface area contributed by atoms with Gasteiger partial charge in [-0.05, 0) is 48.9 Å². The van der Waals surface area contributed by atoms with E-state index >= 15 is 0 Å². The maximum Gasteiger partial charge on any atom is 0.282 e.